The van der Waals surface area contributed by atoms with Gasteiger partial charge in [0, 0.05) is 6.42 Å². The van der Waals surface area contributed by atoms with Crippen molar-refractivity contribution in [1.29, 1.82) is 0 Å². The van der Waals surface area contributed by atoms with Crippen LogP contribution in [0.15, 0.2) is 4.52 Å². The van der Waals surface area contributed by atoms with Gasteiger partial charge in [0.1, 0.15) is 6.29 Å². The molecule has 1 fully saturated rings. The maximum atomic E-state index is 11.2. The molecule has 1 aliphatic rings. The van der Waals surface area contributed by atoms with E-state index < -0.39 is 9.84 Å². The average molecular weight is 244 g/mol. The Morgan fingerprint density at radius 2 is 2.31 bits per heavy atom. The second-order valence-corrected chi connectivity index (χ2v) is 6.18. The van der Waals surface area contributed by atoms with Crippen molar-refractivity contribution in [2.75, 3.05) is 11.5 Å². The molecule has 0 aliphatic carbocycles. The first-order valence-corrected chi connectivity index (χ1v) is 6.87. The first-order chi connectivity index (χ1) is 7.59. The number of carbonyl (C=O) groups is 1. The highest BCUT2D eigenvalue weighted by Crippen LogP contribution is 2.21. The lowest BCUT2D eigenvalue weighted by Gasteiger charge is -2.01. The molecule has 0 N–H and O–H groups in total. The number of nitrogens with zero attached hydrogens (tertiary/aromatic N) is 2. The molecule has 1 atom stereocenters. The number of carbonyl (C=O) groups excluding carboxylic acids is 1. The molecule has 0 amide bonds. The maximum absolute atomic E-state index is 11.2. The van der Waals surface area contributed by atoms with Crippen LogP contribution in [-0.2, 0) is 27.5 Å². The van der Waals surface area contributed by atoms with E-state index in [-0.39, 0.29) is 23.8 Å². The summed E-state index contributed by atoms with van der Waals surface area (Å²) in [5, 5.41) is 3.62. The summed E-state index contributed by atoms with van der Waals surface area (Å²) in [6.45, 7) is 0. The standard InChI is InChI=1S/C9H12N2O4S/c12-3-1-8-10-9(15-11-8)5-7-2-4-16(13,14)6-7/h3,7H,1-2,4-6H2. The van der Waals surface area contributed by atoms with Crippen molar-refractivity contribution >= 4 is 16.1 Å². The van der Waals surface area contributed by atoms with E-state index in [0.717, 1.165) is 0 Å². The highest BCUT2D eigenvalue weighted by atomic mass is 32.2. The van der Waals surface area contributed by atoms with Crippen molar-refractivity contribution in [3.05, 3.63) is 11.7 Å². The third-order valence-corrected chi connectivity index (χ3v) is 4.40. The minimum Gasteiger partial charge on any atom is -0.339 e. The van der Waals surface area contributed by atoms with Gasteiger partial charge in [-0.1, -0.05) is 5.16 Å². The Morgan fingerprint density at radius 3 is 2.94 bits per heavy atom. The third-order valence-electron chi connectivity index (χ3n) is 2.57. The summed E-state index contributed by atoms with van der Waals surface area (Å²) < 4.78 is 27.4. The van der Waals surface area contributed by atoms with Gasteiger partial charge in [0.2, 0.25) is 5.89 Å². The first kappa shape index (κ1) is 11.3. The molecule has 2 heterocycles. The van der Waals surface area contributed by atoms with E-state index in [2.05, 4.69) is 10.1 Å². The Hall–Kier alpha value is -1.24. The van der Waals surface area contributed by atoms with Crippen molar-refractivity contribution in [1.82, 2.24) is 10.1 Å². The fraction of sp³-hybridized carbons (Fsp3) is 0.667. The molecule has 0 spiro atoms. The number of hydrogen-bond acceptors (Lipinski definition) is 6. The summed E-state index contributed by atoms with van der Waals surface area (Å²) in [4.78, 5) is 14.2. The Labute approximate surface area is 93.0 Å². The van der Waals surface area contributed by atoms with Gasteiger partial charge < -0.3 is 9.32 Å². The minimum absolute atomic E-state index is 0.0644. The van der Waals surface area contributed by atoms with E-state index >= 15 is 0 Å². The zero-order chi connectivity index (χ0) is 11.6. The molecule has 1 unspecified atom stereocenters. The third kappa shape index (κ3) is 2.66. The molecule has 1 aromatic rings. The topological polar surface area (TPSA) is 90.1 Å². The smallest absolute Gasteiger partial charge is 0.226 e. The summed E-state index contributed by atoms with van der Waals surface area (Å²) in [7, 11) is -2.87. The van der Waals surface area contributed by atoms with Crippen molar-refractivity contribution in [2.45, 2.75) is 19.3 Å². The van der Waals surface area contributed by atoms with Gasteiger partial charge in [-0.05, 0) is 12.3 Å². The summed E-state index contributed by atoms with van der Waals surface area (Å²) >= 11 is 0. The Balaban J connectivity index is 1.96. The van der Waals surface area contributed by atoms with Gasteiger partial charge in [-0.2, -0.15) is 4.98 Å². The van der Waals surface area contributed by atoms with E-state index in [0.29, 0.717) is 30.8 Å². The molecular weight excluding hydrogens is 232 g/mol. The quantitative estimate of drug-likeness (QED) is 0.681. The van der Waals surface area contributed by atoms with E-state index in [1.807, 2.05) is 0 Å². The monoisotopic (exact) mass is 244 g/mol. The minimum atomic E-state index is -2.87. The second-order valence-electron chi connectivity index (χ2n) is 3.95. The van der Waals surface area contributed by atoms with Crippen LogP contribution in [-0.4, -0.2) is 36.4 Å². The molecule has 1 saturated heterocycles. The SMILES string of the molecule is O=CCc1noc(CC2CCS(=O)(=O)C2)n1. The van der Waals surface area contributed by atoms with Crippen LogP contribution in [0.1, 0.15) is 18.1 Å². The van der Waals surface area contributed by atoms with Crippen molar-refractivity contribution in [3.8, 4) is 0 Å². The number of hydrogen-bond donors (Lipinski definition) is 0. The molecule has 7 heteroatoms. The van der Waals surface area contributed by atoms with Gasteiger partial charge >= 0.3 is 0 Å². The van der Waals surface area contributed by atoms with E-state index in [1.54, 1.807) is 0 Å². The van der Waals surface area contributed by atoms with E-state index in [4.69, 9.17) is 4.52 Å². The summed E-state index contributed by atoms with van der Waals surface area (Å²) in [5.41, 5.74) is 0. The highest BCUT2D eigenvalue weighted by Gasteiger charge is 2.29. The van der Waals surface area contributed by atoms with Crippen LogP contribution in [0.3, 0.4) is 0 Å². The highest BCUT2D eigenvalue weighted by molar-refractivity contribution is 7.91. The van der Waals surface area contributed by atoms with Crippen molar-refractivity contribution in [2.24, 2.45) is 5.92 Å². The Kier molecular flexibility index (Phi) is 3.04. The molecule has 2 rings (SSSR count). The zero-order valence-electron chi connectivity index (χ0n) is 8.63. The predicted molar refractivity (Wildman–Crippen MR) is 54.5 cm³/mol. The van der Waals surface area contributed by atoms with E-state index in [1.165, 1.54) is 0 Å². The number of sulfone groups is 1. The van der Waals surface area contributed by atoms with Crippen molar-refractivity contribution in [3.63, 3.8) is 0 Å². The molecule has 0 saturated carbocycles. The second kappa shape index (κ2) is 4.32. The molecule has 6 nitrogen and oxygen atoms in total. The van der Waals surface area contributed by atoms with Gasteiger partial charge in [0.15, 0.2) is 15.7 Å². The molecule has 0 radical (unpaired) electrons. The Bertz CT molecular complexity index is 479. The lowest BCUT2D eigenvalue weighted by molar-refractivity contribution is -0.107. The van der Waals surface area contributed by atoms with Crippen LogP contribution >= 0.6 is 0 Å². The lowest BCUT2D eigenvalue weighted by atomic mass is 10.1. The zero-order valence-corrected chi connectivity index (χ0v) is 9.44. The Morgan fingerprint density at radius 1 is 1.50 bits per heavy atom. The van der Waals surface area contributed by atoms with Gasteiger partial charge in [-0.15, -0.1) is 0 Å². The predicted octanol–water partition coefficient (Wildman–Crippen LogP) is -0.212. The largest absolute Gasteiger partial charge is 0.339 e. The molecule has 0 bridgehead atoms. The van der Waals surface area contributed by atoms with Crippen LogP contribution in [0.4, 0.5) is 0 Å². The van der Waals surface area contributed by atoms with Crippen LogP contribution in [0.25, 0.3) is 0 Å². The summed E-state index contributed by atoms with van der Waals surface area (Å²) in [5.74, 6) is 1.27. The van der Waals surface area contributed by atoms with Gasteiger partial charge in [0.05, 0.1) is 17.9 Å². The van der Waals surface area contributed by atoms with Crippen molar-refractivity contribution < 1.29 is 17.7 Å². The number of rotatable bonds is 4. The molecule has 88 valence electrons. The number of aldehydes is 1. The van der Waals surface area contributed by atoms with Gasteiger partial charge in [-0.3, -0.25) is 0 Å². The van der Waals surface area contributed by atoms with Gasteiger partial charge in [0.25, 0.3) is 0 Å². The normalized spacial score (nSPS) is 23.4. The van der Waals surface area contributed by atoms with Crippen LogP contribution in [0, 0.1) is 5.92 Å². The maximum Gasteiger partial charge on any atom is 0.226 e. The molecule has 16 heavy (non-hydrogen) atoms. The van der Waals surface area contributed by atoms with Crippen LogP contribution in [0.5, 0.6) is 0 Å². The van der Waals surface area contributed by atoms with E-state index in [9.17, 15) is 13.2 Å². The number of aromatic nitrogens is 2. The molecule has 1 aromatic heterocycles. The fourth-order valence-electron chi connectivity index (χ4n) is 1.81. The van der Waals surface area contributed by atoms with Gasteiger partial charge in [-0.25, -0.2) is 8.42 Å². The summed E-state index contributed by atoms with van der Waals surface area (Å²) in [6, 6.07) is 0. The fourth-order valence-corrected chi connectivity index (χ4v) is 3.67. The first-order valence-electron chi connectivity index (χ1n) is 5.04. The molecule has 1 aliphatic heterocycles. The average Bonchev–Trinajstić information content (AvgIpc) is 2.75. The molecular formula is C9H12N2O4S. The lowest BCUT2D eigenvalue weighted by Crippen LogP contribution is -2.07. The summed E-state index contributed by atoms with van der Waals surface area (Å²) in [6.07, 6.45) is 1.96. The van der Waals surface area contributed by atoms with Crippen LogP contribution < -0.4 is 0 Å². The van der Waals surface area contributed by atoms with Crippen LogP contribution in [0.2, 0.25) is 0 Å². The molecule has 0 aromatic carbocycles.